The van der Waals surface area contributed by atoms with Crippen molar-refractivity contribution < 1.29 is 9.53 Å². The maximum absolute atomic E-state index is 12.5. The quantitative estimate of drug-likeness (QED) is 0.732. The van der Waals surface area contributed by atoms with Crippen LogP contribution in [0.5, 0.6) is 0 Å². The van der Waals surface area contributed by atoms with Crippen molar-refractivity contribution in [3.8, 4) is 0 Å². The van der Waals surface area contributed by atoms with Gasteiger partial charge in [0.25, 0.3) is 0 Å². The summed E-state index contributed by atoms with van der Waals surface area (Å²) in [4.78, 5) is 19.0. The smallest absolute Gasteiger partial charge is 0.244 e. The third-order valence-electron chi connectivity index (χ3n) is 4.39. The molecule has 0 bridgehead atoms. The number of carbonyl (C=O) groups excluding carboxylic acids is 1. The first-order chi connectivity index (χ1) is 12.0. The lowest BCUT2D eigenvalue weighted by Crippen LogP contribution is -2.54. The van der Waals surface area contributed by atoms with Gasteiger partial charge in [-0.1, -0.05) is 12.1 Å². The molecule has 1 saturated heterocycles. The number of amides is 1. The zero-order valence-electron chi connectivity index (χ0n) is 15.2. The number of hydrogen-bond acceptors (Lipinski definition) is 6. The predicted octanol–water partition coefficient (Wildman–Crippen LogP) is 3.07. The number of halogens is 2. The lowest BCUT2D eigenvalue weighted by molar-refractivity contribution is -0.124. The minimum absolute atomic E-state index is 0. The SMILES string of the molecule is CN(Cc1cccc(NC(=O)C2(N)CCOCC2)c1)Cc1cscn1.Cl.Cl. The summed E-state index contributed by atoms with van der Waals surface area (Å²) in [5, 5.41) is 5.02. The Kier molecular flexibility index (Phi) is 9.66. The molecule has 9 heteroatoms. The molecular formula is C18H26Cl2N4O2S. The van der Waals surface area contributed by atoms with Crippen molar-refractivity contribution in [2.45, 2.75) is 31.5 Å². The third-order valence-corrected chi connectivity index (χ3v) is 5.03. The molecule has 27 heavy (non-hydrogen) atoms. The Morgan fingerprint density at radius 3 is 2.74 bits per heavy atom. The summed E-state index contributed by atoms with van der Waals surface area (Å²) in [7, 11) is 2.06. The molecule has 1 aromatic heterocycles. The van der Waals surface area contributed by atoms with Gasteiger partial charge in [0, 0.05) is 37.4 Å². The van der Waals surface area contributed by atoms with Crippen molar-refractivity contribution in [3.05, 3.63) is 46.4 Å². The van der Waals surface area contributed by atoms with Gasteiger partial charge in [0.2, 0.25) is 5.91 Å². The summed E-state index contributed by atoms with van der Waals surface area (Å²) >= 11 is 1.60. The minimum Gasteiger partial charge on any atom is -0.381 e. The number of aromatic nitrogens is 1. The van der Waals surface area contributed by atoms with Crippen LogP contribution in [0, 0.1) is 0 Å². The Bertz CT molecular complexity index is 709. The molecule has 0 saturated carbocycles. The number of benzene rings is 1. The van der Waals surface area contributed by atoms with Crippen LogP contribution in [0.3, 0.4) is 0 Å². The van der Waals surface area contributed by atoms with E-state index in [0.717, 1.165) is 30.0 Å². The lowest BCUT2D eigenvalue weighted by Gasteiger charge is -2.31. The van der Waals surface area contributed by atoms with Crippen LogP contribution in [0.25, 0.3) is 0 Å². The zero-order chi connectivity index (χ0) is 17.7. The van der Waals surface area contributed by atoms with E-state index in [1.807, 2.05) is 23.7 Å². The maximum atomic E-state index is 12.5. The molecule has 1 aliphatic rings. The van der Waals surface area contributed by atoms with Gasteiger partial charge < -0.3 is 15.8 Å². The molecule has 1 fully saturated rings. The predicted molar refractivity (Wildman–Crippen MR) is 114 cm³/mol. The van der Waals surface area contributed by atoms with Gasteiger partial charge in [0.15, 0.2) is 0 Å². The Morgan fingerprint density at radius 2 is 2.07 bits per heavy atom. The van der Waals surface area contributed by atoms with Crippen molar-refractivity contribution in [2.75, 3.05) is 25.6 Å². The van der Waals surface area contributed by atoms with Gasteiger partial charge in [-0.05, 0) is 37.6 Å². The molecule has 2 aromatic rings. The summed E-state index contributed by atoms with van der Waals surface area (Å²) in [5.74, 6) is -0.135. The highest BCUT2D eigenvalue weighted by Crippen LogP contribution is 2.21. The lowest BCUT2D eigenvalue weighted by atomic mass is 9.90. The standard InChI is InChI=1S/C18H24N4O2S.2ClH/c1-22(11-16-12-25-13-20-16)10-14-3-2-4-15(9-14)21-17(23)18(19)5-7-24-8-6-18;;/h2-4,9,12-13H,5-8,10-11,19H2,1H3,(H,21,23);2*1H. The monoisotopic (exact) mass is 432 g/mol. The normalized spacial score (nSPS) is 15.5. The topological polar surface area (TPSA) is 80.5 Å². The number of nitrogens with one attached hydrogen (secondary N) is 1. The highest BCUT2D eigenvalue weighted by molar-refractivity contribution is 7.07. The summed E-state index contributed by atoms with van der Waals surface area (Å²) in [6.45, 7) is 2.64. The van der Waals surface area contributed by atoms with Crippen LogP contribution in [-0.2, 0) is 22.6 Å². The number of nitrogens with two attached hydrogens (primary N) is 1. The largest absolute Gasteiger partial charge is 0.381 e. The van der Waals surface area contributed by atoms with Crippen molar-refractivity contribution in [1.82, 2.24) is 9.88 Å². The molecule has 0 atom stereocenters. The van der Waals surface area contributed by atoms with E-state index >= 15 is 0 Å². The maximum Gasteiger partial charge on any atom is 0.244 e. The van der Waals surface area contributed by atoms with E-state index in [4.69, 9.17) is 10.5 Å². The highest BCUT2D eigenvalue weighted by Gasteiger charge is 2.35. The average molecular weight is 433 g/mol. The number of ether oxygens (including phenoxy) is 1. The van der Waals surface area contributed by atoms with Crippen LogP contribution in [0.4, 0.5) is 5.69 Å². The number of nitrogens with zero attached hydrogens (tertiary/aromatic N) is 2. The van der Waals surface area contributed by atoms with E-state index in [1.165, 1.54) is 0 Å². The fourth-order valence-electron chi connectivity index (χ4n) is 2.93. The molecule has 0 radical (unpaired) electrons. The Balaban J connectivity index is 0.00000182. The average Bonchev–Trinajstić information content (AvgIpc) is 3.08. The van der Waals surface area contributed by atoms with Crippen LogP contribution in [0.2, 0.25) is 0 Å². The van der Waals surface area contributed by atoms with E-state index in [1.54, 1.807) is 11.3 Å². The highest BCUT2D eigenvalue weighted by atomic mass is 35.5. The molecule has 3 rings (SSSR count). The second kappa shape index (κ2) is 10.9. The van der Waals surface area contributed by atoms with E-state index in [0.29, 0.717) is 26.1 Å². The fourth-order valence-corrected chi connectivity index (χ4v) is 3.48. The molecule has 3 N–H and O–H groups in total. The number of thiazole rings is 1. The van der Waals surface area contributed by atoms with Crippen LogP contribution < -0.4 is 11.1 Å². The van der Waals surface area contributed by atoms with Gasteiger partial charge in [0.05, 0.1) is 11.2 Å². The van der Waals surface area contributed by atoms with Gasteiger partial charge in [-0.25, -0.2) is 4.98 Å². The first kappa shape index (κ1) is 23.8. The van der Waals surface area contributed by atoms with Crippen molar-refractivity contribution in [1.29, 1.82) is 0 Å². The molecule has 0 aliphatic carbocycles. The molecule has 1 amide bonds. The van der Waals surface area contributed by atoms with Crippen LogP contribution in [-0.4, -0.2) is 41.6 Å². The van der Waals surface area contributed by atoms with E-state index in [9.17, 15) is 4.79 Å². The molecule has 1 aromatic carbocycles. The van der Waals surface area contributed by atoms with Crippen molar-refractivity contribution in [2.24, 2.45) is 5.73 Å². The Hall–Kier alpha value is -1.22. The number of carbonyl (C=O) groups is 1. The van der Waals surface area contributed by atoms with E-state index in [-0.39, 0.29) is 30.7 Å². The second-order valence-electron chi connectivity index (χ2n) is 6.58. The van der Waals surface area contributed by atoms with Crippen molar-refractivity contribution >= 4 is 47.7 Å². The van der Waals surface area contributed by atoms with Crippen LogP contribution >= 0.6 is 36.2 Å². The summed E-state index contributed by atoms with van der Waals surface area (Å²) in [6, 6.07) is 7.90. The van der Waals surface area contributed by atoms with Crippen LogP contribution in [0.15, 0.2) is 35.2 Å². The molecule has 6 nitrogen and oxygen atoms in total. The number of anilines is 1. The molecule has 1 aliphatic heterocycles. The van der Waals surface area contributed by atoms with Gasteiger partial charge in [-0.15, -0.1) is 36.2 Å². The van der Waals surface area contributed by atoms with Gasteiger partial charge in [0.1, 0.15) is 5.54 Å². The molecule has 0 unspecified atom stereocenters. The minimum atomic E-state index is -0.838. The molecule has 0 spiro atoms. The number of rotatable bonds is 6. The first-order valence-corrected chi connectivity index (χ1v) is 9.32. The summed E-state index contributed by atoms with van der Waals surface area (Å²) < 4.78 is 5.30. The van der Waals surface area contributed by atoms with Gasteiger partial charge in [-0.3, -0.25) is 9.69 Å². The summed E-state index contributed by atoms with van der Waals surface area (Å²) in [6.07, 6.45) is 1.10. The third kappa shape index (κ3) is 6.71. The zero-order valence-corrected chi connectivity index (χ0v) is 17.7. The number of hydrogen-bond donors (Lipinski definition) is 2. The Morgan fingerprint density at radius 1 is 1.33 bits per heavy atom. The second-order valence-corrected chi connectivity index (χ2v) is 7.29. The van der Waals surface area contributed by atoms with Gasteiger partial charge in [-0.2, -0.15) is 0 Å². The van der Waals surface area contributed by atoms with Crippen molar-refractivity contribution in [3.63, 3.8) is 0 Å². The molecule has 2 heterocycles. The van der Waals surface area contributed by atoms with E-state index in [2.05, 4.69) is 33.7 Å². The fraction of sp³-hybridized carbons (Fsp3) is 0.444. The van der Waals surface area contributed by atoms with Crippen LogP contribution in [0.1, 0.15) is 24.1 Å². The van der Waals surface area contributed by atoms with E-state index < -0.39 is 5.54 Å². The first-order valence-electron chi connectivity index (χ1n) is 8.38. The summed E-state index contributed by atoms with van der Waals surface area (Å²) in [5.41, 5.74) is 10.2. The molecule has 150 valence electrons. The Labute approximate surface area is 176 Å². The van der Waals surface area contributed by atoms with Gasteiger partial charge >= 0.3 is 0 Å². The molecular weight excluding hydrogens is 407 g/mol.